The van der Waals surface area contributed by atoms with Crippen LogP contribution in [0.15, 0.2) is 6.20 Å². The second-order valence-corrected chi connectivity index (χ2v) is 6.61. The quantitative estimate of drug-likeness (QED) is 0.792. The van der Waals surface area contributed by atoms with Crippen molar-refractivity contribution in [1.29, 1.82) is 0 Å². The first-order valence-corrected chi connectivity index (χ1v) is 8.86. The molecule has 0 aromatic carbocycles. The summed E-state index contributed by atoms with van der Waals surface area (Å²) in [5, 5.41) is 3.47. The summed E-state index contributed by atoms with van der Waals surface area (Å²) in [4.78, 5) is 7.59. The molecule has 0 radical (unpaired) electrons. The molecule has 0 unspecified atom stereocenters. The summed E-state index contributed by atoms with van der Waals surface area (Å²) in [7, 11) is 0. The first-order valence-electron chi connectivity index (χ1n) is 8.86. The molecule has 0 amide bonds. The van der Waals surface area contributed by atoms with Crippen LogP contribution in [0.4, 0.5) is 0 Å². The van der Waals surface area contributed by atoms with Crippen molar-refractivity contribution in [2.75, 3.05) is 32.7 Å². The lowest BCUT2D eigenvalue weighted by atomic mass is 9.97. The maximum Gasteiger partial charge on any atom is 0.112 e. The summed E-state index contributed by atoms with van der Waals surface area (Å²) in [6.07, 6.45) is 9.89. The van der Waals surface area contributed by atoms with E-state index >= 15 is 0 Å². The maximum absolute atomic E-state index is 4.99. The third kappa shape index (κ3) is 6.38. The highest BCUT2D eigenvalue weighted by Gasteiger charge is 2.21. The van der Waals surface area contributed by atoms with Gasteiger partial charge in [-0.05, 0) is 58.3 Å². The van der Waals surface area contributed by atoms with Crippen LogP contribution in [0.25, 0.3) is 0 Å². The Morgan fingerprint density at radius 1 is 1.08 bits per heavy atom. The van der Waals surface area contributed by atoms with E-state index in [0.717, 1.165) is 26.1 Å². The van der Waals surface area contributed by atoms with Crippen LogP contribution in [-0.4, -0.2) is 47.2 Å². The molecule has 1 N–H and O–H groups in total. The third-order valence-corrected chi connectivity index (χ3v) is 4.92. The van der Waals surface area contributed by atoms with Crippen LogP contribution in [-0.2, 0) is 13.0 Å². The van der Waals surface area contributed by atoms with E-state index in [1.54, 1.807) is 0 Å². The van der Waals surface area contributed by atoms with Crippen molar-refractivity contribution >= 4 is 37.2 Å². The molecule has 0 atom stereocenters. The molecule has 2 saturated heterocycles. The van der Waals surface area contributed by atoms with Gasteiger partial charge in [-0.15, -0.1) is 37.2 Å². The number of piperidine rings is 1. The topological polar surface area (TPSA) is 33.1 Å². The Hall–Kier alpha value is -0.000000000000000111. The Bertz CT molecular complexity index is 441. The van der Waals surface area contributed by atoms with Crippen LogP contribution < -0.4 is 5.32 Å². The normalized spacial score (nSPS) is 18.5. The Balaban J connectivity index is 0.00000176. The van der Waals surface area contributed by atoms with E-state index in [9.17, 15) is 0 Å². The van der Waals surface area contributed by atoms with Crippen molar-refractivity contribution in [2.24, 2.45) is 0 Å². The Morgan fingerprint density at radius 3 is 2.38 bits per heavy atom. The predicted molar refractivity (Wildman–Crippen MR) is 108 cm³/mol. The molecule has 0 aliphatic carbocycles. The summed E-state index contributed by atoms with van der Waals surface area (Å²) in [6.45, 7) is 9.43. The lowest BCUT2D eigenvalue weighted by molar-refractivity contribution is 0.316. The van der Waals surface area contributed by atoms with Gasteiger partial charge in [0.1, 0.15) is 5.82 Å². The fraction of sp³-hybridized carbons (Fsp3) is 0.824. The van der Waals surface area contributed by atoms with Gasteiger partial charge in [0.2, 0.25) is 0 Å². The zero-order chi connectivity index (χ0) is 14.5. The first kappa shape index (κ1) is 24.0. The SMILES string of the molecule is CCCc1cn(CCN2CCCC2)c(C2CCNCC2)n1.Cl.Cl.Cl. The molecule has 0 bridgehead atoms. The molecule has 4 nitrogen and oxygen atoms in total. The number of aryl methyl sites for hydroxylation is 1. The predicted octanol–water partition coefficient (Wildman–Crippen LogP) is 3.66. The van der Waals surface area contributed by atoms with Crippen molar-refractivity contribution in [3.05, 3.63) is 17.7 Å². The zero-order valence-electron chi connectivity index (χ0n) is 14.7. The number of nitrogens with zero attached hydrogens (tertiary/aromatic N) is 3. The van der Waals surface area contributed by atoms with Gasteiger partial charge in [-0.25, -0.2) is 4.98 Å². The summed E-state index contributed by atoms with van der Waals surface area (Å²) >= 11 is 0. The molecule has 142 valence electrons. The molecule has 3 heterocycles. The van der Waals surface area contributed by atoms with E-state index in [0.29, 0.717) is 5.92 Å². The number of hydrogen-bond acceptors (Lipinski definition) is 3. The van der Waals surface area contributed by atoms with Gasteiger partial charge in [0.05, 0.1) is 5.69 Å². The molecule has 24 heavy (non-hydrogen) atoms. The molecule has 1 aromatic heterocycles. The minimum atomic E-state index is 0. The third-order valence-electron chi connectivity index (χ3n) is 4.92. The highest BCUT2D eigenvalue weighted by Crippen LogP contribution is 2.25. The van der Waals surface area contributed by atoms with Gasteiger partial charge >= 0.3 is 0 Å². The van der Waals surface area contributed by atoms with Crippen LogP contribution in [0, 0.1) is 0 Å². The van der Waals surface area contributed by atoms with E-state index in [1.165, 1.54) is 63.3 Å². The number of halogens is 3. The molecule has 0 saturated carbocycles. The molecule has 7 heteroatoms. The number of aromatic nitrogens is 2. The molecule has 1 aromatic rings. The second kappa shape index (κ2) is 12.4. The average molecular weight is 400 g/mol. The lowest BCUT2D eigenvalue weighted by Gasteiger charge is -2.24. The van der Waals surface area contributed by atoms with Gasteiger partial charge in [-0.3, -0.25) is 0 Å². The minimum Gasteiger partial charge on any atom is -0.333 e. The average Bonchev–Trinajstić information content (AvgIpc) is 3.16. The monoisotopic (exact) mass is 398 g/mol. The van der Waals surface area contributed by atoms with E-state index in [-0.39, 0.29) is 37.2 Å². The number of rotatable bonds is 6. The fourth-order valence-corrected chi connectivity index (χ4v) is 3.70. The lowest BCUT2D eigenvalue weighted by Crippen LogP contribution is -2.29. The smallest absolute Gasteiger partial charge is 0.112 e. The van der Waals surface area contributed by atoms with Crippen LogP contribution in [0.5, 0.6) is 0 Å². The molecule has 2 aliphatic heterocycles. The molecular weight excluding hydrogens is 367 g/mol. The van der Waals surface area contributed by atoms with Crippen molar-refractivity contribution in [2.45, 2.75) is 57.9 Å². The van der Waals surface area contributed by atoms with E-state index in [2.05, 4.69) is 27.9 Å². The summed E-state index contributed by atoms with van der Waals surface area (Å²) < 4.78 is 2.47. The number of nitrogens with one attached hydrogen (secondary N) is 1. The Kier molecular flexibility index (Phi) is 12.4. The highest BCUT2D eigenvalue weighted by atomic mass is 35.5. The van der Waals surface area contributed by atoms with Crippen molar-refractivity contribution in [1.82, 2.24) is 19.8 Å². The Morgan fingerprint density at radius 2 is 1.75 bits per heavy atom. The molecular formula is C17H33Cl3N4. The van der Waals surface area contributed by atoms with E-state index in [1.807, 2.05) is 0 Å². The molecule has 2 aliphatic rings. The maximum atomic E-state index is 4.99. The first-order chi connectivity index (χ1) is 10.4. The standard InChI is InChI=1S/C17H30N4.3ClH/c1-2-5-16-14-21(13-12-20-10-3-4-11-20)17(19-16)15-6-8-18-9-7-15;;;/h14-15,18H,2-13H2,1H3;3*1H. The Labute approximate surface area is 165 Å². The second-order valence-electron chi connectivity index (χ2n) is 6.61. The minimum absolute atomic E-state index is 0. The van der Waals surface area contributed by atoms with E-state index in [4.69, 9.17) is 4.98 Å². The van der Waals surface area contributed by atoms with Gasteiger partial charge in [0, 0.05) is 25.2 Å². The molecule has 3 rings (SSSR count). The van der Waals surface area contributed by atoms with Crippen LogP contribution >= 0.6 is 37.2 Å². The van der Waals surface area contributed by atoms with Gasteiger partial charge in [-0.1, -0.05) is 13.3 Å². The number of imidazole rings is 1. The van der Waals surface area contributed by atoms with Crippen LogP contribution in [0.2, 0.25) is 0 Å². The largest absolute Gasteiger partial charge is 0.333 e. The highest BCUT2D eigenvalue weighted by molar-refractivity contribution is 5.86. The van der Waals surface area contributed by atoms with Crippen LogP contribution in [0.3, 0.4) is 0 Å². The van der Waals surface area contributed by atoms with Gasteiger partial charge < -0.3 is 14.8 Å². The molecule has 2 fully saturated rings. The summed E-state index contributed by atoms with van der Waals surface area (Å²) in [5.41, 5.74) is 1.30. The van der Waals surface area contributed by atoms with Gasteiger partial charge in [0.25, 0.3) is 0 Å². The van der Waals surface area contributed by atoms with E-state index < -0.39 is 0 Å². The summed E-state index contributed by atoms with van der Waals surface area (Å²) in [5.74, 6) is 2.02. The van der Waals surface area contributed by atoms with Gasteiger partial charge in [-0.2, -0.15) is 0 Å². The number of hydrogen-bond donors (Lipinski definition) is 1. The summed E-state index contributed by atoms with van der Waals surface area (Å²) in [6, 6.07) is 0. The fourth-order valence-electron chi connectivity index (χ4n) is 3.70. The van der Waals surface area contributed by atoms with Crippen molar-refractivity contribution < 1.29 is 0 Å². The molecule has 0 spiro atoms. The number of likely N-dealkylation sites (tertiary alicyclic amines) is 1. The zero-order valence-corrected chi connectivity index (χ0v) is 17.2. The van der Waals surface area contributed by atoms with Gasteiger partial charge in [0.15, 0.2) is 0 Å². The van der Waals surface area contributed by atoms with Crippen LogP contribution in [0.1, 0.15) is 56.5 Å². The van der Waals surface area contributed by atoms with Crippen molar-refractivity contribution in [3.63, 3.8) is 0 Å². The van der Waals surface area contributed by atoms with Crippen molar-refractivity contribution in [3.8, 4) is 0 Å².